The number of nitrogens with two attached hydrogens (primary N) is 1. The molecule has 0 spiro atoms. The fraction of sp³-hybridized carbons (Fsp3) is 0.300. The standard InChI is InChI=1S/C20H24ClN3O2/c1-14(2)19(22)20(26)23-12-18(25)24(17-6-4-3-5-7-17)13-15-8-10-16(21)11-9-15/h3-11,14,19H,12-13,22H2,1-2H3,(H,23,26)/t19-/m0/s1. The lowest BCUT2D eigenvalue weighted by atomic mass is 10.1. The van der Waals surface area contributed by atoms with Crippen LogP contribution in [-0.2, 0) is 16.1 Å². The summed E-state index contributed by atoms with van der Waals surface area (Å²) in [6.45, 7) is 4.00. The first-order valence-electron chi connectivity index (χ1n) is 8.51. The van der Waals surface area contributed by atoms with E-state index in [-0.39, 0.29) is 24.3 Å². The highest BCUT2D eigenvalue weighted by atomic mass is 35.5. The molecule has 26 heavy (non-hydrogen) atoms. The summed E-state index contributed by atoms with van der Waals surface area (Å²) in [5, 5.41) is 3.27. The van der Waals surface area contributed by atoms with Gasteiger partial charge in [0.2, 0.25) is 11.8 Å². The maximum Gasteiger partial charge on any atom is 0.246 e. The van der Waals surface area contributed by atoms with Crippen LogP contribution in [0.25, 0.3) is 0 Å². The van der Waals surface area contributed by atoms with Gasteiger partial charge in [-0.1, -0.05) is 55.8 Å². The topological polar surface area (TPSA) is 75.4 Å². The Morgan fingerprint density at radius 1 is 1.08 bits per heavy atom. The molecule has 0 aliphatic carbocycles. The number of anilines is 1. The van der Waals surface area contributed by atoms with Crippen LogP contribution in [0, 0.1) is 5.92 Å². The van der Waals surface area contributed by atoms with Crippen LogP contribution >= 0.6 is 11.6 Å². The second-order valence-corrected chi connectivity index (χ2v) is 6.87. The number of nitrogens with one attached hydrogen (secondary N) is 1. The largest absolute Gasteiger partial charge is 0.346 e. The Kier molecular flexibility index (Phi) is 7.18. The van der Waals surface area contributed by atoms with Gasteiger partial charge in [0.05, 0.1) is 19.1 Å². The number of hydrogen-bond acceptors (Lipinski definition) is 3. The highest BCUT2D eigenvalue weighted by Crippen LogP contribution is 2.18. The van der Waals surface area contributed by atoms with Gasteiger partial charge in [-0.25, -0.2) is 0 Å². The minimum absolute atomic E-state index is 0.00407. The summed E-state index contributed by atoms with van der Waals surface area (Å²) >= 11 is 5.93. The van der Waals surface area contributed by atoms with Crippen LogP contribution in [0.2, 0.25) is 5.02 Å². The van der Waals surface area contributed by atoms with Crippen molar-refractivity contribution in [3.8, 4) is 0 Å². The molecule has 3 N–H and O–H groups in total. The highest BCUT2D eigenvalue weighted by molar-refractivity contribution is 6.30. The van der Waals surface area contributed by atoms with Gasteiger partial charge in [0.25, 0.3) is 0 Å². The van der Waals surface area contributed by atoms with Gasteiger partial charge in [-0.15, -0.1) is 0 Å². The molecule has 2 amide bonds. The molecular formula is C20H24ClN3O2. The van der Waals surface area contributed by atoms with Crippen molar-refractivity contribution in [3.63, 3.8) is 0 Å². The van der Waals surface area contributed by atoms with Crippen molar-refractivity contribution in [3.05, 3.63) is 65.2 Å². The van der Waals surface area contributed by atoms with Gasteiger partial charge in [-0.2, -0.15) is 0 Å². The van der Waals surface area contributed by atoms with Crippen molar-refractivity contribution < 1.29 is 9.59 Å². The summed E-state index contributed by atoms with van der Waals surface area (Å²) in [5.74, 6) is -0.535. The molecule has 0 aromatic heterocycles. The molecule has 5 nitrogen and oxygen atoms in total. The van der Waals surface area contributed by atoms with Gasteiger partial charge in [0, 0.05) is 10.7 Å². The Bertz CT molecular complexity index is 732. The molecule has 138 valence electrons. The van der Waals surface area contributed by atoms with Crippen molar-refractivity contribution in [1.29, 1.82) is 0 Å². The third-order valence-electron chi connectivity index (χ3n) is 4.06. The van der Waals surface area contributed by atoms with E-state index in [1.807, 2.05) is 56.3 Å². The van der Waals surface area contributed by atoms with E-state index in [9.17, 15) is 9.59 Å². The number of rotatable bonds is 7. The van der Waals surface area contributed by atoms with E-state index in [0.717, 1.165) is 11.3 Å². The van der Waals surface area contributed by atoms with Gasteiger partial charge in [-0.3, -0.25) is 9.59 Å². The van der Waals surface area contributed by atoms with Gasteiger partial charge in [0.15, 0.2) is 0 Å². The summed E-state index contributed by atoms with van der Waals surface area (Å²) in [6, 6.07) is 16.0. The Hall–Kier alpha value is -2.37. The normalized spacial score (nSPS) is 11.9. The second kappa shape index (κ2) is 9.36. The van der Waals surface area contributed by atoms with Crippen LogP contribution < -0.4 is 16.0 Å². The molecule has 6 heteroatoms. The number of benzene rings is 2. The fourth-order valence-corrected chi connectivity index (χ4v) is 2.51. The lowest BCUT2D eigenvalue weighted by molar-refractivity contribution is -0.126. The SMILES string of the molecule is CC(C)[C@H](N)C(=O)NCC(=O)N(Cc1ccc(Cl)cc1)c1ccccc1. The van der Waals surface area contributed by atoms with Crippen LogP contribution in [0.3, 0.4) is 0 Å². The Morgan fingerprint density at radius 3 is 2.27 bits per heavy atom. The van der Waals surface area contributed by atoms with Gasteiger partial charge >= 0.3 is 0 Å². The molecule has 0 bridgehead atoms. The predicted molar refractivity (Wildman–Crippen MR) is 105 cm³/mol. The molecule has 0 fully saturated rings. The molecule has 2 aromatic rings. The van der Waals surface area contributed by atoms with Crippen LogP contribution in [0.5, 0.6) is 0 Å². The minimum atomic E-state index is -0.635. The summed E-state index contributed by atoms with van der Waals surface area (Å²) in [4.78, 5) is 26.4. The molecule has 1 atom stereocenters. The molecule has 2 aromatic carbocycles. The molecule has 0 heterocycles. The third-order valence-corrected chi connectivity index (χ3v) is 4.31. The average molecular weight is 374 g/mol. The summed E-state index contributed by atoms with van der Waals surface area (Å²) in [7, 11) is 0. The van der Waals surface area contributed by atoms with Crippen molar-refractivity contribution >= 4 is 29.1 Å². The van der Waals surface area contributed by atoms with E-state index in [2.05, 4.69) is 5.32 Å². The van der Waals surface area contributed by atoms with E-state index in [1.165, 1.54) is 0 Å². The van der Waals surface area contributed by atoms with Crippen LogP contribution in [0.4, 0.5) is 5.69 Å². The van der Waals surface area contributed by atoms with Gasteiger partial charge in [-0.05, 0) is 35.7 Å². The predicted octanol–water partition coefficient (Wildman–Crippen LogP) is 2.97. The average Bonchev–Trinajstić information content (AvgIpc) is 2.65. The fourth-order valence-electron chi connectivity index (χ4n) is 2.38. The molecule has 0 saturated carbocycles. The number of nitrogens with zero attached hydrogens (tertiary/aromatic N) is 1. The third kappa shape index (κ3) is 5.58. The first-order chi connectivity index (χ1) is 12.4. The minimum Gasteiger partial charge on any atom is -0.346 e. The van der Waals surface area contributed by atoms with Crippen molar-refractivity contribution in [1.82, 2.24) is 5.32 Å². The molecule has 0 aliphatic rings. The number of halogens is 1. The van der Waals surface area contributed by atoms with Gasteiger partial charge in [0.1, 0.15) is 0 Å². The molecule has 0 saturated heterocycles. The summed E-state index contributed by atoms with van der Waals surface area (Å²) in [5.41, 5.74) is 7.52. The van der Waals surface area contributed by atoms with Crippen molar-refractivity contribution in [2.75, 3.05) is 11.4 Å². The number of amides is 2. The van der Waals surface area contributed by atoms with E-state index in [1.54, 1.807) is 17.0 Å². The summed E-state index contributed by atoms with van der Waals surface area (Å²) in [6.07, 6.45) is 0. The Labute approximate surface area is 159 Å². The monoisotopic (exact) mass is 373 g/mol. The Morgan fingerprint density at radius 2 is 1.69 bits per heavy atom. The number of hydrogen-bond donors (Lipinski definition) is 2. The van der Waals surface area contributed by atoms with Crippen molar-refractivity contribution in [2.24, 2.45) is 11.7 Å². The lowest BCUT2D eigenvalue weighted by Gasteiger charge is -2.24. The lowest BCUT2D eigenvalue weighted by Crippen LogP contribution is -2.47. The number of para-hydroxylation sites is 1. The van der Waals surface area contributed by atoms with Crippen LogP contribution in [0.15, 0.2) is 54.6 Å². The number of carbonyl (C=O) groups excluding carboxylic acids is 2. The smallest absolute Gasteiger partial charge is 0.246 e. The highest BCUT2D eigenvalue weighted by Gasteiger charge is 2.20. The zero-order valence-corrected chi connectivity index (χ0v) is 15.7. The van der Waals surface area contributed by atoms with E-state index in [4.69, 9.17) is 17.3 Å². The van der Waals surface area contributed by atoms with Crippen LogP contribution in [-0.4, -0.2) is 24.4 Å². The maximum atomic E-state index is 12.8. The first kappa shape index (κ1) is 19.9. The molecule has 0 radical (unpaired) electrons. The van der Waals surface area contributed by atoms with Crippen LogP contribution in [0.1, 0.15) is 19.4 Å². The molecular weight excluding hydrogens is 350 g/mol. The van der Waals surface area contributed by atoms with Crippen molar-refractivity contribution in [2.45, 2.75) is 26.4 Å². The first-order valence-corrected chi connectivity index (χ1v) is 8.89. The quantitative estimate of drug-likeness (QED) is 0.783. The van der Waals surface area contributed by atoms with E-state index < -0.39 is 6.04 Å². The summed E-state index contributed by atoms with van der Waals surface area (Å²) < 4.78 is 0. The molecule has 0 unspecified atom stereocenters. The van der Waals surface area contributed by atoms with Gasteiger partial charge < -0.3 is 16.0 Å². The maximum absolute atomic E-state index is 12.8. The van der Waals surface area contributed by atoms with E-state index in [0.29, 0.717) is 11.6 Å². The number of carbonyl (C=O) groups is 2. The second-order valence-electron chi connectivity index (χ2n) is 6.43. The molecule has 2 rings (SSSR count). The Balaban J connectivity index is 2.11. The van der Waals surface area contributed by atoms with E-state index >= 15 is 0 Å². The zero-order chi connectivity index (χ0) is 19.1. The zero-order valence-electron chi connectivity index (χ0n) is 15.0. The molecule has 0 aliphatic heterocycles.